The lowest BCUT2D eigenvalue weighted by Crippen LogP contribution is -2.00. The summed E-state index contributed by atoms with van der Waals surface area (Å²) in [6.45, 7) is 0. The minimum Gasteiger partial charge on any atom is -0.504 e. The predicted octanol–water partition coefficient (Wildman–Crippen LogP) is 2.66. The van der Waals surface area contributed by atoms with Crippen molar-refractivity contribution in [2.45, 2.75) is 0 Å². The molecule has 0 bridgehead atoms. The number of ether oxygens (including phenoxy) is 1. The number of nitrogens with one attached hydrogen (secondary N) is 1. The number of benzene rings is 2. The van der Waals surface area contributed by atoms with E-state index in [0.717, 1.165) is 0 Å². The lowest BCUT2D eigenvalue weighted by molar-refractivity contribution is -0.386. The van der Waals surface area contributed by atoms with Gasteiger partial charge in [0, 0.05) is 12.1 Å². The van der Waals surface area contributed by atoms with Crippen molar-refractivity contribution in [3.8, 4) is 11.5 Å². The fourth-order valence-corrected chi connectivity index (χ4v) is 1.90. The van der Waals surface area contributed by atoms with E-state index < -0.39 is 15.5 Å². The van der Waals surface area contributed by atoms with Crippen molar-refractivity contribution in [2.24, 2.45) is 5.10 Å². The van der Waals surface area contributed by atoms with Gasteiger partial charge in [-0.2, -0.15) is 5.10 Å². The number of anilines is 1. The summed E-state index contributed by atoms with van der Waals surface area (Å²) in [5.74, 6) is -0.621. The van der Waals surface area contributed by atoms with Gasteiger partial charge in [-0.05, 0) is 24.3 Å². The molecule has 2 aromatic rings. The van der Waals surface area contributed by atoms with Crippen molar-refractivity contribution in [1.82, 2.24) is 0 Å². The first-order valence-corrected chi connectivity index (χ1v) is 6.52. The summed E-state index contributed by atoms with van der Waals surface area (Å²) >= 11 is 0. The third-order valence-corrected chi connectivity index (χ3v) is 3.00. The van der Waals surface area contributed by atoms with Crippen LogP contribution in [0.3, 0.4) is 0 Å². The van der Waals surface area contributed by atoms with E-state index in [1.54, 1.807) is 0 Å². The molecule has 0 radical (unpaired) electrons. The van der Waals surface area contributed by atoms with Crippen molar-refractivity contribution in [2.75, 3.05) is 12.5 Å². The number of nitro benzene ring substituents is 2. The molecule has 0 saturated heterocycles. The summed E-state index contributed by atoms with van der Waals surface area (Å²) in [7, 11) is 1.21. The maximum absolute atomic E-state index is 11.2. The van der Waals surface area contributed by atoms with Gasteiger partial charge in [-0.25, -0.2) is 0 Å². The summed E-state index contributed by atoms with van der Waals surface area (Å²) < 4.78 is 4.84. The van der Waals surface area contributed by atoms with Gasteiger partial charge in [0.05, 0.1) is 34.4 Å². The number of methoxy groups -OCH3 is 1. The Morgan fingerprint density at radius 3 is 2.33 bits per heavy atom. The molecular formula is C14H12N4O6. The maximum atomic E-state index is 11.2. The van der Waals surface area contributed by atoms with Gasteiger partial charge in [0.2, 0.25) is 5.75 Å². The molecule has 0 atom stereocenters. The first-order chi connectivity index (χ1) is 11.4. The van der Waals surface area contributed by atoms with Crippen molar-refractivity contribution in [3.05, 3.63) is 62.2 Å². The van der Waals surface area contributed by atoms with E-state index in [4.69, 9.17) is 4.74 Å². The van der Waals surface area contributed by atoms with Crippen LogP contribution in [0.5, 0.6) is 11.5 Å². The van der Waals surface area contributed by atoms with Gasteiger partial charge in [0.15, 0.2) is 5.75 Å². The fraction of sp³-hybridized carbons (Fsp3) is 0.0714. The van der Waals surface area contributed by atoms with Gasteiger partial charge in [-0.15, -0.1) is 0 Å². The Morgan fingerprint density at radius 1 is 1.12 bits per heavy atom. The van der Waals surface area contributed by atoms with Crippen molar-refractivity contribution >= 4 is 23.3 Å². The monoisotopic (exact) mass is 332 g/mol. The molecule has 0 aliphatic heterocycles. The molecular weight excluding hydrogens is 320 g/mol. The molecule has 24 heavy (non-hydrogen) atoms. The predicted molar refractivity (Wildman–Crippen MR) is 85.6 cm³/mol. The van der Waals surface area contributed by atoms with E-state index in [1.165, 1.54) is 49.7 Å². The van der Waals surface area contributed by atoms with Crippen LogP contribution < -0.4 is 10.2 Å². The van der Waals surface area contributed by atoms with Crippen LogP contribution in [-0.2, 0) is 0 Å². The molecule has 2 aromatic carbocycles. The highest BCUT2D eigenvalue weighted by molar-refractivity contribution is 5.88. The molecule has 2 N–H and O–H groups in total. The minimum atomic E-state index is -0.689. The second-order valence-electron chi connectivity index (χ2n) is 4.49. The van der Waals surface area contributed by atoms with E-state index >= 15 is 0 Å². The Bertz CT molecular complexity index is 804. The second kappa shape index (κ2) is 7.05. The molecule has 10 nitrogen and oxygen atoms in total. The number of phenols is 1. The SMILES string of the molecule is COc1c(O)ccc(C=NNc2ccc([N+](=O)[O-])cc2)c1[N+](=O)[O-]. The zero-order valence-corrected chi connectivity index (χ0v) is 12.4. The molecule has 0 fully saturated rings. The van der Waals surface area contributed by atoms with E-state index in [9.17, 15) is 25.3 Å². The lowest BCUT2D eigenvalue weighted by atomic mass is 10.1. The third kappa shape index (κ3) is 3.55. The van der Waals surface area contributed by atoms with Crippen molar-refractivity contribution < 1.29 is 19.7 Å². The highest BCUT2D eigenvalue weighted by Crippen LogP contribution is 2.37. The molecule has 10 heteroatoms. The Balaban J connectivity index is 2.23. The van der Waals surface area contributed by atoms with E-state index in [1.807, 2.05) is 0 Å². The summed E-state index contributed by atoms with van der Waals surface area (Å²) in [5, 5.41) is 35.2. The number of aromatic hydroxyl groups is 1. The number of phenolic OH excluding ortho intramolecular Hbond substituents is 1. The number of hydrazone groups is 1. The van der Waals surface area contributed by atoms with Crippen molar-refractivity contribution in [3.63, 3.8) is 0 Å². The molecule has 0 spiro atoms. The zero-order valence-electron chi connectivity index (χ0n) is 12.4. The summed E-state index contributed by atoms with van der Waals surface area (Å²) in [5.41, 5.74) is 2.69. The number of nitrogens with zero attached hydrogens (tertiary/aromatic N) is 3. The van der Waals surface area contributed by atoms with Crippen LogP contribution in [0.15, 0.2) is 41.5 Å². The van der Waals surface area contributed by atoms with Crippen LogP contribution in [0.1, 0.15) is 5.56 Å². The van der Waals surface area contributed by atoms with Crippen LogP contribution in [0.2, 0.25) is 0 Å². The molecule has 2 rings (SSSR count). The largest absolute Gasteiger partial charge is 0.504 e. The molecule has 0 amide bonds. The average molecular weight is 332 g/mol. The second-order valence-corrected chi connectivity index (χ2v) is 4.49. The van der Waals surface area contributed by atoms with Crippen molar-refractivity contribution in [1.29, 1.82) is 0 Å². The van der Waals surface area contributed by atoms with Crippen LogP contribution in [-0.4, -0.2) is 28.3 Å². The number of rotatable bonds is 6. The molecule has 0 aliphatic carbocycles. The zero-order chi connectivity index (χ0) is 17.7. The van der Waals surface area contributed by atoms with Gasteiger partial charge in [-0.3, -0.25) is 25.7 Å². The van der Waals surface area contributed by atoms with E-state index in [0.29, 0.717) is 5.69 Å². The maximum Gasteiger partial charge on any atom is 0.323 e. The fourth-order valence-electron chi connectivity index (χ4n) is 1.90. The molecule has 0 saturated carbocycles. The van der Waals surface area contributed by atoms with E-state index in [-0.39, 0.29) is 22.7 Å². The molecule has 124 valence electrons. The average Bonchev–Trinajstić information content (AvgIpc) is 2.56. The molecule has 0 aromatic heterocycles. The quantitative estimate of drug-likeness (QED) is 0.470. The summed E-state index contributed by atoms with van der Waals surface area (Å²) in [6.07, 6.45) is 1.18. The number of hydrogen-bond acceptors (Lipinski definition) is 8. The molecule has 0 aliphatic rings. The number of non-ortho nitro benzene ring substituents is 1. The van der Waals surface area contributed by atoms with E-state index in [2.05, 4.69) is 10.5 Å². The van der Waals surface area contributed by atoms with Gasteiger partial charge in [0.25, 0.3) is 5.69 Å². The Labute approximate surface area is 135 Å². The smallest absolute Gasteiger partial charge is 0.323 e. The Kier molecular flexibility index (Phi) is 4.90. The van der Waals surface area contributed by atoms with Gasteiger partial charge in [0.1, 0.15) is 0 Å². The first kappa shape index (κ1) is 16.7. The topological polar surface area (TPSA) is 140 Å². The third-order valence-electron chi connectivity index (χ3n) is 3.00. The Hall–Kier alpha value is -3.69. The molecule has 0 heterocycles. The van der Waals surface area contributed by atoms with Crippen LogP contribution in [0.25, 0.3) is 0 Å². The first-order valence-electron chi connectivity index (χ1n) is 6.52. The lowest BCUT2D eigenvalue weighted by Gasteiger charge is -2.06. The summed E-state index contributed by atoms with van der Waals surface area (Å²) in [6, 6.07) is 8.05. The molecule has 0 unspecified atom stereocenters. The van der Waals surface area contributed by atoms with Crippen LogP contribution >= 0.6 is 0 Å². The standard InChI is InChI=1S/C14H12N4O6/c1-24-14-12(19)7-2-9(13(14)18(22)23)8-15-16-10-3-5-11(6-4-10)17(20)21/h2-8,16,19H,1H3. The highest BCUT2D eigenvalue weighted by atomic mass is 16.6. The summed E-state index contributed by atoms with van der Waals surface area (Å²) in [4.78, 5) is 20.5. The Morgan fingerprint density at radius 2 is 1.79 bits per heavy atom. The normalized spacial score (nSPS) is 10.5. The van der Waals surface area contributed by atoms with Gasteiger partial charge >= 0.3 is 5.69 Å². The van der Waals surface area contributed by atoms with Gasteiger partial charge < -0.3 is 9.84 Å². The number of nitro groups is 2. The minimum absolute atomic E-state index is 0.0663. The van der Waals surface area contributed by atoms with Crippen LogP contribution in [0.4, 0.5) is 17.1 Å². The van der Waals surface area contributed by atoms with Crippen LogP contribution in [0, 0.1) is 20.2 Å². The highest BCUT2D eigenvalue weighted by Gasteiger charge is 2.23. The van der Waals surface area contributed by atoms with Gasteiger partial charge in [-0.1, -0.05) is 0 Å². The number of hydrogen-bond donors (Lipinski definition) is 2.